The van der Waals surface area contributed by atoms with Crippen molar-refractivity contribution >= 4 is 21.6 Å². The largest absolute Gasteiger partial charge is 0.381 e. The van der Waals surface area contributed by atoms with Gasteiger partial charge in [-0.15, -0.1) is 0 Å². The van der Waals surface area contributed by atoms with Gasteiger partial charge in [0.05, 0.1) is 5.69 Å². The number of nitrogens with one attached hydrogen (secondary N) is 1. The van der Waals surface area contributed by atoms with Gasteiger partial charge in [0.1, 0.15) is 0 Å². The van der Waals surface area contributed by atoms with E-state index in [0.29, 0.717) is 0 Å². The van der Waals surface area contributed by atoms with Crippen LogP contribution in [-0.2, 0) is 20.0 Å². The molecule has 0 spiro atoms. The second-order valence-electron chi connectivity index (χ2n) is 4.45. The number of aryl methyl sites for hydroxylation is 3. The predicted octanol–water partition coefficient (Wildman–Crippen LogP) is 3.67. The van der Waals surface area contributed by atoms with Gasteiger partial charge in [0.2, 0.25) is 0 Å². The van der Waals surface area contributed by atoms with E-state index in [1.807, 2.05) is 11.7 Å². The number of halogens is 1. The Morgan fingerprint density at radius 3 is 2.83 bits per heavy atom. The van der Waals surface area contributed by atoms with Crippen LogP contribution in [0.25, 0.3) is 0 Å². The molecule has 96 valence electrons. The molecule has 0 bridgehead atoms. The fourth-order valence-corrected chi connectivity index (χ4v) is 2.23. The van der Waals surface area contributed by atoms with Crippen LogP contribution in [0.1, 0.15) is 23.7 Å². The Hall–Kier alpha value is -1.29. The van der Waals surface area contributed by atoms with Crippen molar-refractivity contribution in [2.45, 2.75) is 26.8 Å². The zero-order valence-corrected chi connectivity index (χ0v) is 12.6. The van der Waals surface area contributed by atoms with E-state index in [9.17, 15) is 0 Å². The first-order chi connectivity index (χ1) is 8.60. The lowest BCUT2D eigenvalue weighted by molar-refractivity contribution is 0.746. The van der Waals surface area contributed by atoms with Crippen molar-refractivity contribution in [2.24, 2.45) is 7.05 Å². The maximum absolute atomic E-state index is 4.44. The Balaban J connectivity index is 2.08. The molecule has 2 rings (SSSR count). The highest BCUT2D eigenvalue weighted by Crippen LogP contribution is 2.20. The van der Waals surface area contributed by atoms with Gasteiger partial charge < -0.3 is 5.32 Å². The van der Waals surface area contributed by atoms with Crippen molar-refractivity contribution in [3.63, 3.8) is 0 Å². The molecule has 0 radical (unpaired) electrons. The Morgan fingerprint density at radius 1 is 1.39 bits per heavy atom. The zero-order chi connectivity index (χ0) is 13.1. The predicted molar refractivity (Wildman–Crippen MR) is 78.8 cm³/mol. The van der Waals surface area contributed by atoms with Crippen LogP contribution < -0.4 is 5.32 Å². The van der Waals surface area contributed by atoms with Crippen LogP contribution in [0, 0.1) is 6.92 Å². The summed E-state index contributed by atoms with van der Waals surface area (Å²) >= 11 is 3.51. The summed E-state index contributed by atoms with van der Waals surface area (Å²) in [7, 11) is 1.96. The third-order valence-electron chi connectivity index (χ3n) is 2.97. The van der Waals surface area contributed by atoms with E-state index in [1.165, 1.54) is 16.8 Å². The molecule has 0 aliphatic carbocycles. The number of aromatic nitrogens is 2. The van der Waals surface area contributed by atoms with Crippen molar-refractivity contribution in [3.8, 4) is 0 Å². The van der Waals surface area contributed by atoms with Crippen LogP contribution in [0.15, 0.2) is 28.9 Å². The minimum absolute atomic E-state index is 0.818. The summed E-state index contributed by atoms with van der Waals surface area (Å²) in [6.45, 7) is 5.05. The first-order valence-electron chi connectivity index (χ1n) is 6.11. The molecule has 4 heteroatoms. The molecule has 1 aromatic carbocycles. The molecular formula is C14H18BrN3. The van der Waals surface area contributed by atoms with Gasteiger partial charge >= 0.3 is 0 Å². The Morgan fingerprint density at radius 2 is 2.17 bits per heavy atom. The van der Waals surface area contributed by atoms with Crippen molar-refractivity contribution in [2.75, 3.05) is 5.32 Å². The van der Waals surface area contributed by atoms with Gasteiger partial charge in [-0.05, 0) is 37.1 Å². The minimum Gasteiger partial charge on any atom is -0.381 e. The van der Waals surface area contributed by atoms with Crippen LogP contribution in [0.2, 0.25) is 0 Å². The number of hydrogen-bond acceptors (Lipinski definition) is 2. The van der Waals surface area contributed by atoms with Crippen molar-refractivity contribution in [1.82, 2.24) is 9.78 Å². The van der Waals surface area contributed by atoms with Gasteiger partial charge in [-0.1, -0.05) is 22.9 Å². The first-order valence-corrected chi connectivity index (χ1v) is 6.91. The van der Waals surface area contributed by atoms with Crippen LogP contribution >= 0.6 is 15.9 Å². The SMILES string of the molecule is CCc1nn(C)cc1CNc1ccc(Br)c(C)c1. The van der Waals surface area contributed by atoms with E-state index in [1.54, 1.807) is 0 Å². The molecular weight excluding hydrogens is 290 g/mol. The van der Waals surface area contributed by atoms with Crippen LogP contribution in [0.5, 0.6) is 0 Å². The monoisotopic (exact) mass is 307 g/mol. The van der Waals surface area contributed by atoms with Crippen LogP contribution in [0.4, 0.5) is 5.69 Å². The van der Waals surface area contributed by atoms with Gasteiger partial charge in [-0.3, -0.25) is 4.68 Å². The molecule has 1 heterocycles. The zero-order valence-electron chi connectivity index (χ0n) is 11.0. The van der Waals surface area contributed by atoms with Crippen LogP contribution in [-0.4, -0.2) is 9.78 Å². The molecule has 0 fully saturated rings. The fraction of sp³-hybridized carbons (Fsp3) is 0.357. The quantitative estimate of drug-likeness (QED) is 0.934. The van der Waals surface area contributed by atoms with E-state index in [2.05, 4.69) is 64.6 Å². The standard InChI is InChI=1S/C14H18BrN3/c1-4-14-11(9-18(3)17-14)8-16-12-5-6-13(15)10(2)7-12/h5-7,9,16H,4,8H2,1-3H3. The Bertz CT molecular complexity index is 546. The van der Waals surface area contributed by atoms with Crippen molar-refractivity contribution in [1.29, 1.82) is 0 Å². The molecule has 18 heavy (non-hydrogen) atoms. The molecule has 0 aliphatic rings. The lowest BCUT2D eigenvalue weighted by Gasteiger charge is -2.07. The van der Waals surface area contributed by atoms with E-state index < -0.39 is 0 Å². The van der Waals surface area contributed by atoms with Crippen molar-refractivity contribution < 1.29 is 0 Å². The molecule has 0 saturated carbocycles. The number of benzene rings is 1. The molecule has 0 unspecified atom stereocenters. The molecule has 1 N–H and O–H groups in total. The molecule has 2 aromatic rings. The Kier molecular flexibility index (Phi) is 4.07. The molecule has 0 atom stereocenters. The lowest BCUT2D eigenvalue weighted by Crippen LogP contribution is -2.01. The third kappa shape index (κ3) is 2.93. The summed E-state index contributed by atoms with van der Waals surface area (Å²) < 4.78 is 3.02. The van der Waals surface area contributed by atoms with E-state index in [4.69, 9.17) is 0 Å². The lowest BCUT2D eigenvalue weighted by atomic mass is 10.2. The number of anilines is 1. The fourth-order valence-electron chi connectivity index (χ4n) is 1.98. The van der Waals surface area contributed by atoms with Gasteiger partial charge in [-0.25, -0.2) is 0 Å². The smallest absolute Gasteiger partial charge is 0.0671 e. The van der Waals surface area contributed by atoms with Gasteiger partial charge in [-0.2, -0.15) is 5.10 Å². The second kappa shape index (κ2) is 5.57. The van der Waals surface area contributed by atoms with Gasteiger partial charge in [0, 0.05) is 35.5 Å². The highest BCUT2D eigenvalue weighted by molar-refractivity contribution is 9.10. The van der Waals surface area contributed by atoms with Gasteiger partial charge in [0.25, 0.3) is 0 Å². The number of nitrogens with zero attached hydrogens (tertiary/aromatic N) is 2. The first kappa shape index (κ1) is 13.1. The molecule has 0 amide bonds. The minimum atomic E-state index is 0.818. The highest BCUT2D eigenvalue weighted by Gasteiger charge is 2.05. The Labute approximate surface area is 116 Å². The summed E-state index contributed by atoms with van der Waals surface area (Å²) in [6.07, 6.45) is 3.05. The maximum Gasteiger partial charge on any atom is 0.0671 e. The summed E-state index contributed by atoms with van der Waals surface area (Å²) in [5.41, 5.74) is 4.81. The molecule has 1 aromatic heterocycles. The number of rotatable bonds is 4. The normalized spacial score (nSPS) is 10.7. The summed E-state index contributed by atoms with van der Waals surface area (Å²) in [6, 6.07) is 6.30. The number of hydrogen-bond donors (Lipinski definition) is 1. The third-order valence-corrected chi connectivity index (χ3v) is 3.86. The summed E-state index contributed by atoms with van der Waals surface area (Å²) in [4.78, 5) is 0. The highest BCUT2D eigenvalue weighted by atomic mass is 79.9. The van der Waals surface area contributed by atoms with E-state index in [-0.39, 0.29) is 0 Å². The molecule has 0 saturated heterocycles. The van der Waals surface area contributed by atoms with Crippen LogP contribution in [0.3, 0.4) is 0 Å². The average molecular weight is 308 g/mol. The molecule has 3 nitrogen and oxygen atoms in total. The van der Waals surface area contributed by atoms with Crippen molar-refractivity contribution in [3.05, 3.63) is 45.7 Å². The average Bonchev–Trinajstić information content (AvgIpc) is 2.71. The maximum atomic E-state index is 4.44. The second-order valence-corrected chi connectivity index (χ2v) is 5.30. The van der Waals surface area contributed by atoms with E-state index >= 15 is 0 Å². The van der Waals surface area contributed by atoms with E-state index in [0.717, 1.165) is 23.1 Å². The summed E-state index contributed by atoms with van der Waals surface area (Å²) in [5, 5.41) is 7.89. The van der Waals surface area contributed by atoms with Gasteiger partial charge in [0.15, 0.2) is 0 Å². The molecule has 0 aliphatic heterocycles. The topological polar surface area (TPSA) is 29.9 Å². The summed E-state index contributed by atoms with van der Waals surface area (Å²) in [5.74, 6) is 0.